The summed E-state index contributed by atoms with van der Waals surface area (Å²) < 4.78 is 16.1. The Hall–Kier alpha value is -2.97. The molecule has 0 spiro atoms. The van der Waals surface area contributed by atoms with Crippen molar-refractivity contribution in [1.29, 1.82) is 0 Å². The summed E-state index contributed by atoms with van der Waals surface area (Å²) in [7, 11) is 0. The van der Waals surface area contributed by atoms with Crippen molar-refractivity contribution in [2.45, 2.75) is 6.04 Å². The molecule has 0 unspecified atom stereocenters. The molecule has 0 bridgehead atoms. The maximum Gasteiger partial charge on any atom is 0.303 e. The van der Waals surface area contributed by atoms with Crippen LogP contribution in [-0.4, -0.2) is 50.2 Å². The van der Waals surface area contributed by atoms with Gasteiger partial charge in [-0.3, -0.25) is 9.78 Å². The fourth-order valence-corrected chi connectivity index (χ4v) is 3.28. The number of fused-ring (bicyclic) bond motifs is 1. The van der Waals surface area contributed by atoms with Gasteiger partial charge < -0.3 is 19.1 Å². The molecule has 0 saturated carbocycles. The van der Waals surface area contributed by atoms with E-state index in [1.807, 2.05) is 30.3 Å². The van der Waals surface area contributed by atoms with Gasteiger partial charge in [0.15, 0.2) is 17.5 Å². The number of hydrogen-bond acceptors (Lipinski definition) is 6. The summed E-state index contributed by atoms with van der Waals surface area (Å²) in [5.74, 6) is 1.23. The van der Waals surface area contributed by atoms with Crippen LogP contribution in [0.25, 0.3) is 0 Å². The van der Waals surface area contributed by atoms with Crippen LogP contribution in [-0.2, 0) is 9.53 Å². The Bertz CT molecular complexity index is 822. The molecule has 1 saturated heterocycles. The predicted molar refractivity (Wildman–Crippen MR) is 96.8 cm³/mol. The maximum atomic E-state index is 12.9. The molecule has 2 N–H and O–H groups in total. The lowest BCUT2D eigenvalue weighted by atomic mass is 10.1. The number of carbonyl (C=O) groups is 1. The number of ether oxygens (including phenoxy) is 3. The predicted octanol–water partition coefficient (Wildman–Crippen LogP) is -0.0832. The normalized spacial score (nSPS) is 17.8. The highest BCUT2D eigenvalue weighted by Gasteiger charge is 2.32. The van der Waals surface area contributed by atoms with Crippen LogP contribution in [0.3, 0.4) is 0 Å². The highest BCUT2D eigenvalue weighted by atomic mass is 16.7. The Morgan fingerprint density at radius 3 is 2.74 bits per heavy atom. The summed E-state index contributed by atoms with van der Waals surface area (Å²) in [6.07, 6.45) is 4.99. The van der Waals surface area contributed by atoms with E-state index in [1.165, 1.54) is 0 Å². The summed E-state index contributed by atoms with van der Waals surface area (Å²) in [5.41, 5.74) is 4.40. The lowest BCUT2D eigenvalue weighted by Crippen LogP contribution is -3.15. The van der Waals surface area contributed by atoms with Crippen molar-refractivity contribution in [3.8, 4) is 11.5 Å². The van der Waals surface area contributed by atoms with Crippen molar-refractivity contribution in [3.05, 3.63) is 53.9 Å². The monoisotopic (exact) mass is 369 g/mol. The summed E-state index contributed by atoms with van der Waals surface area (Å²) in [5, 5.41) is 4.13. The third kappa shape index (κ3) is 4.07. The van der Waals surface area contributed by atoms with Crippen LogP contribution < -0.4 is 19.8 Å². The minimum absolute atomic E-state index is 0.157. The average molecular weight is 369 g/mol. The van der Waals surface area contributed by atoms with Gasteiger partial charge in [-0.25, -0.2) is 5.43 Å². The summed E-state index contributed by atoms with van der Waals surface area (Å²) in [6, 6.07) is 8.89. The molecule has 4 rings (SSSR count). The molecule has 1 fully saturated rings. The van der Waals surface area contributed by atoms with Crippen LogP contribution in [0, 0.1) is 0 Å². The number of hydrazone groups is 1. The molecule has 8 heteroatoms. The third-order valence-electron chi connectivity index (χ3n) is 4.63. The number of pyridine rings is 1. The zero-order valence-electron chi connectivity index (χ0n) is 14.8. The van der Waals surface area contributed by atoms with E-state index in [4.69, 9.17) is 14.2 Å². The van der Waals surface area contributed by atoms with Crippen LogP contribution in [0.2, 0.25) is 0 Å². The standard InChI is InChI=1S/C19H20N4O4/c24-19(22-21-12-14-1-2-16-17(11-14)27-13-26-16)18(15-3-5-20-6-4-15)23-7-9-25-10-8-23/h1-6,11-12,18H,7-10,13H2,(H,22,24)/p+1/b21-12-/t18-/m0/s1. The van der Waals surface area contributed by atoms with Gasteiger partial charge in [0, 0.05) is 18.0 Å². The van der Waals surface area contributed by atoms with Crippen molar-refractivity contribution >= 4 is 12.1 Å². The van der Waals surface area contributed by atoms with E-state index in [0.29, 0.717) is 24.7 Å². The second kappa shape index (κ2) is 8.15. The maximum absolute atomic E-state index is 12.9. The van der Waals surface area contributed by atoms with Crippen molar-refractivity contribution in [2.24, 2.45) is 5.10 Å². The van der Waals surface area contributed by atoms with Crippen LogP contribution in [0.4, 0.5) is 0 Å². The topological polar surface area (TPSA) is 86.5 Å². The van der Waals surface area contributed by atoms with Gasteiger partial charge in [-0.05, 0) is 35.9 Å². The highest BCUT2D eigenvalue weighted by molar-refractivity contribution is 5.85. The second-order valence-electron chi connectivity index (χ2n) is 6.33. The molecule has 1 aromatic carbocycles. The smallest absolute Gasteiger partial charge is 0.303 e. The minimum Gasteiger partial charge on any atom is -0.454 e. The van der Waals surface area contributed by atoms with Crippen molar-refractivity contribution in [2.75, 3.05) is 33.1 Å². The Balaban J connectivity index is 1.46. The lowest BCUT2D eigenvalue weighted by Gasteiger charge is -2.30. The number of benzene rings is 1. The van der Waals surface area contributed by atoms with Crippen LogP contribution in [0.15, 0.2) is 47.8 Å². The molecule has 140 valence electrons. The molecule has 1 amide bonds. The molecule has 0 aliphatic carbocycles. The quantitative estimate of drug-likeness (QED) is 0.569. The summed E-state index contributed by atoms with van der Waals surface area (Å²) >= 11 is 0. The second-order valence-corrected chi connectivity index (χ2v) is 6.33. The SMILES string of the molecule is O=C(N/N=C\c1ccc2c(c1)OCO2)[C@H](c1ccncc1)[NH+]1CCOCC1. The van der Waals surface area contributed by atoms with Gasteiger partial charge in [-0.1, -0.05) is 0 Å². The Morgan fingerprint density at radius 1 is 1.15 bits per heavy atom. The number of nitrogens with zero attached hydrogens (tertiary/aromatic N) is 2. The molecule has 0 radical (unpaired) electrons. The Kier molecular flexibility index (Phi) is 5.27. The third-order valence-corrected chi connectivity index (χ3v) is 4.63. The van der Waals surface area contributed by atoms with E-state index in [1.54, 1.807) is 18.6 Å². The van der Waals surface area contributed by atoms with Gasteiger partial charge in [-0.15, -0.1) is 0 Å². The number of amides is 1. The van der Waals surface area contributed by atoms with Crippen molar-refractivity contribution in [1.82, 2.24) is 10.4 Å². The van der Waals surface area contributed by atoms with Gasteiger partial charge in [0.05, 0.1) is 19.4 Å². The molecule has 27 heavy (non-hydrogen) atoms. The molecule has 1 atom stereocenters. The molecule has 2 aromatic rings. The van der Waals surface area contributed by atoms with E-state index in [9.17, 15) is 4.79 Å². The number of quaternary nitrogens is 1. The number of aromatic nitrogens is 1. The number of morpholine rings is 1. The first-order chi connectivity index (χ1) is 13.3. The van der Waals surface area contributed by atoms with E-state index < -0.39 is 0 Å². The molecule has 3 heterocycles. The van der Waals surface area contributed by atoms with Crippen LogP contribution in [0.5, 0.6) is 11.5 Å². The molecule has 8 nitrogen and oxygen atoms in total. The van der Waals surface area contributed by atoms with Gasteiger partial charge in [0.1, 0.15) is 13.1 Å². The number of nitrogens with one attached hydrogen (secondary N) is 2. The molecule has 1 aromatic heterocycles. The number of rotatable bonds is 5. The molecule has 2 aliphatic rings. The van der Waals surface area contributed by atoms with Gasteiger partial charge in [-0.2, -0.15) is 5.10 Å². The van der Waals surface area contributed by atoms with Gasteiger partial charge in [0.25, 0.3) is 0 Å². The number of hydrogen-bond donors (Lipinski definition) is 2. The molecular formula is C19H21N4O4+. The first kappa shape index (κ1) is 17.4. The van der Waals surface area contributed by atoms with E-state index in [2.05, 4.69) is 15.5 Å². The molecular weight excluding hydrogens is 348 g/mol. The number of carbonyl (C=O) groups excluding carboxylic acids is 1. The first-order valence-corrected chi connectivity index (χ1v) is 8.86. The minimum atomic E-state index is -0.356. The van der Waals surface area contributed by atoms with Crippen LogP contribution >= 0.6 is 0 Å². The fraction of sp³-hybridized carbons (Fsp3) is 0.316. The summed E-state index contributed by atoms with van der Waals surface area (Å²) in [4.78, 5) is 18.1. The average Bonchev–Trinajstić information content (AvgIpc) is 3.18. The summed E-state index contributed by atoms with van der Waals surface area (Å²) in [6.45, 7) is 3.05. The van der Waals surface area contributed by atoms with Gasteiger partial charge >= 0.3 is 5.91 Å². The Morgan fingerprint density at radius 2 is 1.93 bits per heavy atom. The Labute approximate surface area is 156 Å². The van der Waals surface area contributed by atoms with Crippen molar-refractivity contribution in [3.63, 3.8) is 0 Å². The lowest BCUT2D eigenvalue weighted by molar-refractivity contribution is -0.929. The van der Waals surface area contributed by atoms with E-state index >= 15 is 0 Å². The van der Waals surface area contributed by atoms with Gasteiger partial charge in [0.2, 0.25) is 6.79 Å². The van der Waals surface area contributed by atoms with E-state index in [0.717, 1.165) is 29.1 Å². The zero-order valence-corrected chi connectivity index (χ0v) is 14.8. The van der Waals surface area contributed by atoms with Crippen molar-refractivity contribution < 1.29 is 23.9 Å². The van der Waals surface area contributed by atoms with Crippen LogP contribution in [0.1, 0.15) is 17.2 Å². The molecule has 2 aliphatic heterocycles. The highest BCUT2D eigenvalue weighted by Crippen LogP contribution is 2.31. The fourth-order valence-electron chi connectivity index (χ4n) is 3.28. The largest absolute Gasteiger partial charge is 0.454 e. The first-order valence-electron chi connectivity index (χ1n) is 8.86. The zero-order chi connectivity index (χ0) is 18.5. The van der Waals surface area contributed by atoms with E-state index in [-0.39, 0.29) is 18.7 Å².